The number of amides is 2. The van der Waals surface area contributed by atoms with Crippen molar-refractivity contribution in [1.29, 1.82) is 0 Å². The van der Waals surface area contributed by atoms with E-state index in [-0.39, 0.29) is 48.7 Å². The van der Waals surface area contributed by atoms with Crippen LogP contribution in [0.4, 0.5) is 0 Å². The van der Waals surface area contributed by atoms with E-state index < -0.39 is 10.0 Å². The Hall–Kier alpha value is -1.97. The summed E-state index contributed by atoms with van der Waals surface area (Å²) in [5.41, 5.74) is 0. The highest BCUT2D eigenvalue weighted by Gasteiger charge is 2.30. The summed E-state index contributed by atoms with van der Waals surface area (Å²) >= 11 is 0. The van der Waals surface area contributed by atoms with Gasteiger partial charge in [0, 0.05) is 51.6 Å². The van der Waals surface area contributed by atoms with Crippen molar-refractivity contribution >= 4 is 21.8 Å². The van der Waals surface area contributed by atoms with Gasteiger partial charge in [-0.25, -0.2) is 8.42 Å². The van der Waals surface area contributed by atoms with E-state index in [2.05, 4.69) is 10.6 Å². The zero-order chi connectivity index (χ0) is 19.3. The molecule has 0 aromatic heterocycles. The highest BCUT2D eigenvalue weighted by Crippen LogP contribution is 2.17. The maximum Gasteiger partial charge on any atom is 0.243 e. The molecule has 2 aliphatic heterocycles. The number of carbonyl (C=O) groups excluding carboxylic acids is 2. The van der Waals surface area contributed by atoms with Crippen LogP contribution in [0.25, 0.3) is 0 Å². The topological polar surface area (TPSA) is 98.8 Å². The highest BCUT2D eigenvalue weighted by molar-refractivity contribution is 7.89. The maximum absolute atomic E-state index is 12.6. The van der Waals surface area contributed by atoms with Crippen LogP contribution in [0.3, 0.4) is 0 Å². The first-order valence-electron chi connectivity index (χ1n) is 9.30. The Morgan fingerprint density at radius 3 is 2.41 bits per heavy atom. The van der Waals surface area contributed by atoms with Gasteiger partial charge >= 0.3 is 0 Å². The molecule has 1 atom stereocenters. The van der Waals surface area contributed by atoms with Crippen LogP contribution in [-0.2, 0) is 19.6 Å². The number of hydrogen-bond donors (Lipinski definition) is 2. The van der Waals surface area contributed by atoms with Gasteiger partial charge in [-0.3, -0.25) is 9.59 Å². The molecule has 0 saturated carbocycles. The molecule has 0 radical (unpaired) electrons. The van der Waals surface area contributed by atoms with Crippen LogP contribution in [0.5, 0.6) is 0 Å². The third kappa shape index (κ3) is 5.06. The third-order valence-corrected chi connectivity index (χ3v) is 6.88. The Labute approximate surface area is 160 Å². The Morgan fingerprint density at radius 1 is 1.07 bits per heavy atom. The van der Waals surface area contributed by atoms with Gasteiger partial charge in [0.1, 0.15) is 0 Å². The summed E-state index contributed by atoms with van der Waals surface area (Å²) in [5.74, 6) is -0.214. The van der Waals surface area contributed by atoms with Crippen LogP contribution in [-0.4, -0.2) is 74.7 Å². The smallest absolute Gasteiger partial charge is 0.243 e. The lowest BCUT2D eigenvalue weighted by molar-refractivity contribution is -0.134. The maximum atomic E-state index is 12.6. The molecule has 2 heterocycles. The molecule has 8 nitrogen and oxygen atoms in total. The fourth-order valence-electron chi connectivity index (χ4n) is 3.38. The Morgan fingerprint density at radius 2 is 1.78 bits per heavy atom. The van der Waals surface area contributed by atoms with Gasteiger partial charge in [-0.2, -0.15) is 4.31 Å². The minimum absolute atomic E-state index is 0.105. The van der Waals surface area contributed by atoms with Gasteiger partial charge in [0.15, 0.2) is 0 Å². The van der Waals surface area contributed by atoms with Gasteiger partial charge in [0.25, 0.3) is 0 Å². The number of benzene rings is 1. The normalized spacial score (nSPS) is 21.2. The standard InChI is InChI=1S/C18H26N4O4S/c23-17(20-15-8-9-19-14-15)6-7-18(24)21-10-12-22(13-11-21)27(25,26)16-4-2-1-3-5-16/h1-5,15,19H,6-14H2,(H,20,23). The van der Waals surface area contributed by atoms with Crippen LogP contribution >= 0.6 is 0 Å². The number of sulfonamides is 1. The molecular formula is C18H26N4O4S. The number of rotatable bonds is 6. The lowest BCUT2D eigenvalue weighted by Gasteiger charge is -2.34. The first-order valence-corrected chi connectivity index (χ1v) is 10.7. The van der Waals surface area contributed by atoms with Crippen molar-refractivity contribution in [3.63, 3.8) is 0 Å². The Bertz CT molecular complexity index is 755. The summed E-state index contributed by atoms with van der Waals surface area (Å²) in [6.45, 7) is 2.90. The molecule has 2 saturated heterocycles. The van der Waals surface area contributed by atoms with Crippen molar-refractivity contribution < 1.29 is 18.0 Å². The molecule has 2 amide bonds. The van der Waals surface area contributed by atoms with E-state index in [4.69, 9.17) is 0 Å². The van der Waals surface area contributed by atoms with E-state index in [9.17, 15) is 18.0 Å². The predicted octanol–water partition coefficient (Wildman–Crippen LogP) is -0.222. The second kappa shape index (κ2) is 8.81. The third-order valence-electron chi connectivity index (χ3n) is 4.96. The van der Waals surface area contributed by atoms with Gasteiger partial charge in [-0.05, 0) is 25.1 Å². The van der Waals surface area contributed by atoms with Crippen molar-refractivity contribution in [3.8, 4) is 0 Å². The van der Waals surface area contributed by atoms with E-state index in [1.807, 2.05) is 0 Å². The van der Waals surface area contributed by atoms with Crippen LogP contribution in [0.2, 0.25) is 0 Å². The molecule has 2 fully saturated rings. The molecule has 2 aliphatic rings. The van der Waals surface area contributed by atoms with Crippen molar-refractivity contribution in [2.45, 2.75) is 30.2 Å². The molecule has 3 rings (SSSR count). The van der Waals surface area contributed by atoms with E-state index in [0.29, 0.717) is 13.1 Å². The highest BCUT2D eigenvalue weighted by atomic mass is 32.2. The number of nitrogens with one attached hydrogen (secondary N) is 2. The van der Waals surface area contributed by atoms with Crippen LogP contribution in [0.1, 0.15) is 19.3 Å². The second-order valence-corrected chi connectivity index (χ2v) is 8.79. The molecule has 1 aromatic rings. The first kappa shape index (κ1) is 19.8. The quantitative estimate of drug-likeness (QED) is 0.695. The van der Waals surface area contributed by atoms with Crippen molar-refractivity contribution in [2.75, 3.05) is 39.3 Å². The lowest BCUT2D eigenvalue weighted by atomic mass is 10.2. The summed E-state index contributed by atoms with van der Waals surface area (Å²) < 4.78 is 26.6. The van der Waals surface area contributed by atoms with Gasteiger partial charge in [-0.1, -0.05) is 18.2 Å². The Kier molecular flexibility index (Phi) is 6.46. The summed E-state index contributed by atoms with van der Waals surface area (Å²) in [6, 6.07) is 8.46. The SMILES string of the molecule is O=C(CCC(=O)N1CCN(S(=O)(=O)c2ccccc2)CC1)NC1CCNC1. The lowest BCUT2D eigenvalue weighted by Crippen LogP contribution is -2.50. The zero-order valence-corrected chi connectivity index (χ0v) is 16.1. The monoisotopic (exact) mass is 394 g/mol. The van der Waals surface area contributed by atoms with E-state index in [0.717, 1.165) is 19.5 Å². The van der Waals surface area contributed by atoms with E-state index in [1.54, 1.807) is 35.2 Å². The fraction of sp³-hybridized carbons (Fsp3) is 0.556. The molecule has 1 unspecified atom stereocenters. The van der Waals surface area contributed by atoms with Gasteiger partial charge in [-0.15, -0.1) is 0 Å². The molecule has 0 bridgehead atoms. The van der Waals surface area contributed by atoms with Crippen LogP contribution < -0.4 is 10.6 Å². The molecule has 27 heavy (non-hydrogen) atoms. The van der Waals surface area contributed by atoms with Crippen LogP contribution in [0, 0.1) is 0 Å². The number of hydrogen-bond acceptors (Lipinski definition) is 5. The van der Waals surface area contributed by atoms with Crippen LogP contribution in [0.15, 0.2) is 35.2 Å². The van der Waals surface area contributed by atoms with Crippen molar-refractivity contribution in [3.05, 3.63) is 30.3 Å². The second-order valence-electron chi connectivity index (χ2n) is 6.86. The van der Waals surface area contributed by atoms with Crippen molar-refractivity contribution in [2.24, 2.45) is 0 Å². The average molecular weight is 394 g/mol. The Balaban J connectivity index is 1.44. The predicted molar refractivity (Wildman–Crippen MR) is 100 cm³/mol. The van der Waals surface area contributed by atoms with Crippen molar-refractivity contribution in [1.82, 2.24) is 19.8 Å². The molecule has 0 spiro atoms. The number of carbonyl (C=O) groups is 2. The summed E-state index contributed by atoms with van der Waals surface area (Å²) in [4.78, 5) is 26.2. The summed E-state index contributed by atoms with van der Waals surface area (Å²) in [6.07, 6.45) is 1.23. The number of piperazine rings is 1. The fourth-order valence-corrected chi connectivity index (χ4v) is 4.82. The zero-order valence-electron chi connectivity index (χ0n) is 15.3. The molecule has 2 N–H and O–H groups in total. The minimum atomic E-state index is -3.52. The van der Waals surface area contributed by atoms with Gasteiger partial charge in [0.05, 0.1) is 4.90 Å². The first-order chi connectivity index (χ1) is 13.0. The largest absolute Gasteiger partial charge is 0.352 e. The van der Waals surface area contributed by atoms with Gasteiger partial charge < -0.3 is 15.5 Å². The minimum Gasteiger partial charge on any atom is -0.352 e. The van der Waals surface area contributed by atoms with E-state index >= 15 is 0 Å². The molecular weight excluding hydrogens is 368 g/mol. The van der Waals surface area contributed by atoms with E-state index in [1.165, 1.54) is 4.31 Å². The molecule has 148 valence electrons. The summed E-state index contributed by atoms with van der Waals surface area (Å²) in [5, 5.41) is 6.10. The summed E-state index contributed by atoms with van der Waals surface area (Å²) in [7, 11) is -3.52. The molecule has 0 aliphatic carbocycles. The average Bonchev–Trinajstić information content (AvgIpc) is 3.20. The molecule has 9 heteroatoms. The number of nitrogens with zero attached hydrogens (tertiary/aromatic N) is 2. The molecule has 1 aromatic carbocycles. The van der Waals surface area contributed by atoms with Gasteiger partial charge in [0.2, 0.25) is 21.8 Å².